The zero-order chi connectivity index (χ0) is 23.1. The molecule has 0 saturated carbocycles. The van der Waals surface area contributed by atoms with Crippen LogP contribution < -0.4 is 10.0 Å². The highest BCUT2D eigenvalue weighted by Gasteiger charge is 2.27. The number of aryl methyl sites for hydroxylation is 1. The Kier molecular flexibility index (Phi) is 8.14. The summed E-state index contributed by atoms with van der Waals surface area (Å²) in [5, 5.41) is 17.5. The lowest BCUT2D eigenvalue weighted by Crippen LogP contribution is -3.15. The molecule has 2 N–H and O–H groups in total. The molecule has 0 atom stereocenters. The third kappa shape index (κ3) is 5.82. The van der Waals surface area contributed by atoms with Gasteiger partial charge in [-0.15, -0.1) is 0 Å². The van der Waals surface area contributed by atoms with Crippen molar-refractivity contribution in [2.75, 3.05) is 39.3 Å². The van der Waals surface area contributed by atoms with Crippen LogP contribution in [0.4, 0.5) is 4.79 Å². The minimum Gasteiger partial charge on any atom is -0.539 e. The molecule has 168 valence electrons. The maximum absolute atomic E-state index is 12.9. The monoisotopic (exact) mass is 433 g/mol. The van der Waals surface area contributed by atoms with Crippen molar-refractivity contribution in [3.05, 3.63) is 35.5 Å². The Labute approximate surface area is 179 Å². The summed E-state index contributed by atoms with van der Waals surface area (Å²) in [6.45, 7) is 9.50. The molecule has 31 heavy (non-hydrogen) atoms. The van der Waals surface area contributed by atoms with Crippen molar-refractivity contribution < 1.29 is 39.0 Å². The van der Waals surface area contributed by atoms with E-state index in [1.165, 1.54) is 4.90 Å². The topological polar surface area (TPSA) is 133 Å². The molecule has 1 aliphatic heterocycles. The number of carboxylic acids is 2. The minimum atomic E-state index is -2.07. The van der Waals surface area contributed by atoms with Crippen molar-refractivity contribution in [1.82, 2.24) is 9.47 Å². The number of aromatic nitrogens is 1. The van der Waals surface area contributed by atoms with Crippen LogP contribution in [0.25, 0.3) is 10.9 Å². The van der Waals surface area contributed by atoms with Gasteiger partial charge in [0.15, 0.2) is 12.5 Å². The lowest BCUT2D eigenvalue weighted by molar-refractivity contribution is -0.895. The normalized spacial score (nSPS) is 14.0. The van der Waals surface area contributed by atoms with E-state index in [2.05, 4.69) is 13.0 Å². The molecule has 0 radical (unpaired) electrons. The van der Waals surface area contributed by atoms with Crippen LogP contribution in [-0.2, 0) is 14.3 Å². The number of nitrogens with one attached hydrogen (secondary N) is 1. The summed E-state index contributed by atoms with van der Waals surface area (Å²) in [5.74, 6) is -3.90. The molecule has 2 heterocycles. The molecule has 3 rings (SSSR count). The number of benzene rings is 1. The molecule has 10 heteroatoms. The number of hydrogen-bond donors (Lipinski definition) is 2. The largest absolute Gasteiger partial charge is 0.539 e. The molecule has 1 aromatic carbocycles. The molecule has 1 saturated heterocycles. The molecular formula is C21H27N3O7. The molecule has 0 bridgehead atoms. The van der Waals surface area contributed by atoms with E-state index in [-0.39, 0.29) is 12.0 Å². The van der Waals surface area contributed by atoms with Gasteiger partial charge in [-0.25, -0.2) is 9.59 Å². The van der Waals surface area contributed by atoms with Crippen LogP contribution in [0.1, 0.15) is 23.0 Å². The van der Waals surface area contributed by atoms with Crippen molar-refractivity contribution in [3.63, 3.8) is 0 Å². The van der Waals surface area contributed by atoms with Gasteiger partial charge in [-0.1, -0.05) is 18.2 Å². The second-order valence-electron chi connectivity index (χ2n) is 7.16. The van der Waals surface area contributed by atoms with Gasteiger partial charge in [0.25, 0.3) is 5.91 Å². The van der Waals surface area contributed by atoms with Crippen molar-refractivity contribution in [1.29, 1.82) is 0 Å². The van der Waals surface area contributed by atoms with Gasteiger partial charge in [-0.3, -0.25) is 14.3 Å². The van der Waals surface area contributed by atoms with Crippen molar-refractivity contribution in [2.24, 2.45) is 0 Å². The van der Waals surface area contributed by atoms with E-state index >= 15 is 0 Å². The summed E-state index contributed by atoms with van der Waals surface area (Å²) >= 11 is 0. The first-order chi connectivity index (χ1) is 14.7. The van der Waals surface area contributed by atoms with Gasteiger partial charge in [0, 0.05) is 11.1 Å². The molecule has 0 unspecified atom stereocenters. The summed E-state index contributed by atoms with van der Waals surface area (Å²) in [5.41, 5.74) is 3.15. The van der Waals surface area contributed by atoms with E-state index in [4.69, 9.17) is 24.5 Å². The fraction of sp³-hybridized carbons (Fsp3) is 0.429. The molecule has 0 aliphatic carbocycles. The number of carboxylic acid groups (broad SMARTS) is 2. The highest BCUT2D eigenvalue weighted by atomic mass is 16.6. The van der Waals surface area contributed by atoms with E-state index in [0.29, 0.717) is 26.2 Å². The minimum absolute atomic E-state index is 0.112. The number of fused-ring (bicyclic) bond motifs is 1. The average Bonchev–Trinajstić information content (AvgIpc) is 2.99. The Bertz CT molecular complexity index is 963. The van der Waals surface area contributed by atoms with Crippen LogP contribution in [-0.4, -0.2) is 77.8 Å². The first kappa shape index (κ1) is 23.9. The number of carbonyl (C=O) groups is 4. The van der Waals surface area contributed by atoms with Crippen molar-refractivity contribution in [3.8, 4) is 0 Å². The van der Waals surface area contributed by atoms with E-state index < -0.39 is 11.9 Å². The Hall–Kier alpha value is -3.40. The molecular weight excluding hydrogens is 406 g/mol. The molecule has 1 aromatic heterocycles. The predicted molar refractivity (Wildman–Crippen MR) is 109 cm³/mol. The standard InChI is InChI=1S/C19H25N3O3.C2H2O4/c1-4-25-19(24)21-11-9-20(10-12-21)13-18(23)22-15(3)14(2)16-7-5-6-8-17(16)22;3-1(4)2(5)6/h5-8H,4,9-13H2,1-3H3;(H,3,4)(H,5,6). The highest BCUT2D eigenvalue weighted by Crippen LogP contribution is 2.24. The summed E-state index contributed by atoms with van der Waals surface area (Å²) in [6.07, 6.45) is -0.254. The van der Waals surface area contributed by atoms with Crippen LogP contribution in [0, 0.1) is 13.8 Å². The number of rotatable bonds is 3. The van der Waals surface area contributed by atoms with E-state index in [1.54, 1.807) is 4.90 Å². The SMILES string of the molecule is CCOC(=O)N1CC[NH+](CC(=O)n2c(C)c(C)c3ccccc32)CC1.O=C([O-])C(=O)O. The molecule has 10 nitrogen and oxygen atoms in total. The van der Waals surface area contributed by atoms with E-state index in [0.717, 1.165) is 35.2 Å². The van der Waals surface area contributed by atoms with Gasteiger partial charge in [-0.05, 0) is 32.4 Å². The Morgan fingerprint density at radius 1 is 1.13 bits per heavy atom. The molecule has 1 amide bonds. The summed E-state index contributed by atoms with van der Waals surface area (Å²) in [6, 6.07) is 8.03. The van der Waals surface area contributed by atoms with Crippen molar-refractivity contribution in [2.45, 2.75) is 20.8 Å². The second kappa shape index (κ2) is 10.6. The van der Waals surface area contributed by atoms with E-state index in [9.17, 15) is 9.59 Å². The Morgan fingerprint density at radius 2 is 1.71 bits per heavy atom. The van der Waals surface area contributed by atoms with E-state index in [1.807, 2.05) is 36.6 Å². The van der Waals surface area contributed by atoms with Crippen LogP contribution in [0.5, 0.6) is 0 Å². The van der Waals surface area contributed by atoms with Gasteiger partial charge in [-0.2, -0.15) is 0 Å². The van der Waals surface area contributed by atoms with Crippen molar-refractivity contribution >= 4 is 34.8 Å². The lowest BCUT2D eigenvalue weighted by Gasteiger charge is -2.31. The number of aliphatic carboxylic acids is 2. The summed E-state index contributed by atoms with van der Waals surface area (Å²) < 4.78 is 6.88. The van der Waals surface area contributed by atoms with Gasteiger partial charge in [0.1, 0.15) is 0 Å². The number of piperazine rings is 1. The zero-order valence-corrected chi connectivity index (χ0v) is 17.8. The van der Waals surface area contributed by atoms with Crippen LogP contribution in [0.2, 0.25) is 0 Å². The average molecular weight is 433 g/mol. The second-order valence-corrected chi connectivity index (χ2v) is 7.16. The number of ether oxygens (including phenoxy) is 1. The summed E-state index contributed by atoms with van der Waals surface area (Å²) in [4.78, 5) is 45.6. The zero-order valence-electron chi connectivity index (χ0n) is 17.8. The number of quaternary nitrogens is 1. The third-order valence-corrected chi connectivity index (χ3v) is 5.25. The van der Waals surface area contributed by atoms with Crippen LogP contribution >= 0.6 is 0 Å². The fourth-order valence-electron chi connectivity index (χ4n) is 3.54. The summed E-state index contributed by atoms with van der Waals surface area (Å²) in [7, 11) is 0. The number of hydrogen-bond acceptors (Lipinski definition) is 6. The Morgan fingerprint density at radius 3 is 2.26 bits per heavy atom. The molecule has 1 aliphatic rings. The van der Waals surface area contributed by atoms with Crippen LogP contribution in [0.15, 0.2) is 24.3 Å². The van der Waals surface area contributed by atoms with Gasteiger partial charge < -0.3 is 24.6 Å². The molecule has 2 aromatic rings. The quantitative estimate of drug-likeness (QED) is 0.598. The smallest absolute Gasteiger partial charge is 0.410 e. The molecule has 0 spiro atoms. The van der Waals surface area contributed by atoms with Crippen LogP contribution in [0.3, 0.4) is 0 Å². The fourth-order valence-corrected chi connectivity index (χ4v) is 3.54. The first-order valence-corrected chi connectivity index (χ1v) is 9.96. The Balaban J connectivity index is 0.000000501. The van der Waals surface area contributed by atoms with Gasteiger partial charge in [0.05, 0.1) is 38.3 Å². The number of amides is 1. The maximum atomic E-state index is 12.9. The third-order valence-electron chi connectivity index (χ3n) is 5.25. The lowest BCUT2D eigenvalue weighted by atomic mass is 10.2. The first-order valence-electron chi connectivity index (χ1n) is 9.96. The van der Waals surface area contributed by atoms with Gasteiger partial charge >= 0.3 is 12.1 Å². The van der Waals surface area contributed by atoms with Gasteiger partial charge in [0.2, 0.25) is 0 Å². The number of carbonyl (C=O) groups excluding carboxylic acids is 3. The predicted octanol–water partition coefficient (Wildman–Crippen LogP) is -0.924. The number of nitrogens with zero attached hydrogens (tertiary/aromatic N) is 2. The molecule has 1 fully saturated rings. The highest BCUT2D eigenvalue weighted by molar-refractivity contribution is 6.26. The maximum Gasteiger partial charge on any atom is 0.410 e. The number of para-hydroxylation sites is 1.